The number of carbonyl (C=O) groups excluding carboxylic acids is 1. The molecule has 7 heteroatoms. The van der Waals surface area contributed by atoms with Gasteiger partial charge in [0.25, 0.3) is 0 Å². The second kappa shape index (κ2) is 5.46. The standard InChI is InChI=1S/C14H21BN5O/c1-8(2)13(21)18-11-9-10(15-6)19-20(14(3,4)5)12(9)17-7-16-11/h7-8H,1-6H3,(H,16,17,18,21). The van der Waals surface area contributed by atoms with Crippen molar-refractivity contribution in [1.82, 2.24) is 19.7 Å². The summed E-state index contributed by atoms with van der Waals surface area (Å²) in [7, 11) is 1.90. The van der Waals surface area contributed by atoms with E-state index in [1.807, 2.05) is 32.6 Å². The molecule has 0 saturated carbocycles. The number of nitrogens with one attached hydrogen (secondary N) is 1. The van der Waals surface area contributed by atoms with Crippen LogP contribution in [0.2, 0.25) is 6.82 Å². The van der Waals surface area contributed by atoms with E-state index in [4.69, 9.17) is 0 Å². The Labute approximate surface area is 125 Å². The summed E-state index contributed by atoms with van der Waals surface area (Å²) in [6.45, 7) is 11.8. The average Bonchev–Trinajstić information content (AvgIpc) is 2.78. The molecule has 0 aromatic carbocycles. The summed E-state index contributed by atoms with van der Waals surface area (Å²) >= 11 is 0. The van der Waals surface area contributed by atoms with E-state index in [-0.39, 0.29) is 17.4 Å². The van der Waals surface area contributed by atoms with Crippen molar-refractivity contribution in [1.29, 1.82) is 0 Å². The summed E-state index contributed by atoms with van der Waals surface area (Å²) in [5.41, 5.74) is 1.30. The Balaban J connectivity index is 2.63. The highest BCUT2D eigenvalue weighted by atomic mass is 16.1. The third-order valence-corrected chi connectivity index (χ3v) is 3.17. The van der Waals surface area contributed by atoms with Gasteiger partial charge >= 0.3 is 0 Å². The first-order valence-corrected chi connectivity index (χ1v) is 7.10. The Morgan fingerprint density at radius 1 is 1.33 bits per heavy atom. The van der Waals surface area contributed by atoms with Crippen LogP contribution >= 0.6 is 0 Å². The van der Waals surface area contributed by atoms with Crippen LogP contribution in [-0.4, -0.2) is 32.9 Å². The number of fused-ring (bicyclic) bond motifs is 1. The number of hydrogen-bond acceptors (Lipinski definition) is 4. The Morgan fingerprint density at radius 2 is 2.00 bits per heavy atom. The number of carbonyl (C=O) groups is 1. The minimum Gasteiger partial charge on any atom is -0.310 e. The van der Waals surface area contributed by atoms with Gasteiger partial charge < -0.3 is 5.32 Å². The first kappa shape index (κ1) is 15.5. The molecule has 2 rings (SSSR count). The van der Waals surface area contributed by atoms with Crippen LogP contribution in [0.5, 0.6) is 0 Å². The third-order valence-electron chi connectivity index (χ3n) is 3.17. The first-order valence-electron chi connectivity index (χ1n) is 7.10. The predicted octanol–water partition coefficient (Wildman–Crippen LogP) is 1.55. The zero-order valence-corrected chi connectivity index (χ0v) is 13.4. The SMILES string of the molecule is C[B]c1nn(C(C)(C)C)c2ncnc(NC(=O)C(C)C)c12. The quantitative estimate of drug-likeness (QED) is 0.869. The van der Waals surface area contributed by atoms with Crippen molar-refractivity contribution in [3.63, 3.8) is 0 Å². The van der Waals surface area contributed by atoms with Gasteiger partial charge in [-0.1, -0.05) is 20.7 Å². The van der Waals surface area contributed by atoms with Crippen LogP contribution in [0, 0.1) is 5.92 Å². The lowest BCUT2D eigenvalue weighted by atomic mass is 9.76. The van der Waals surface area contributed by atoms with Gasteiger partial charge in [0.1, 0.15) is 12.1 Å². The Bertz CT molecular complexity index is 672. The lowest BCUT2D eigenvalue weighted by molar-refractivity contribution is -0.118. The molecule has 1 amide bonds. The van der Waals surface area contributed by atoms with Gasteiger partial charge in [-0.05, 0) is 20.8 Å². The minimum atomic E-state index is -0.201. The summed E-state index contributed by atoms with van der Waals surface area (Å²) in [4.78, 5) is 20.5. The second-order valence-corrected chi connectivity index (χ2v) is 6.32. The topological polar surface area (TPSA) is 72.7 Å². The molecule has 0 fully saturated rings. The summed E-state index contributed by atoms with van der Waals surface area (Å²) in [5, 5.41) is 8.24. The number of rotatable bonds is 3. The molecule has 21 heavy (non-hydrogen) atoms. The highest BCUT2D eigenvalue weighted by Gasteiger charge is 2.23. The van der Waals surface area contributed by atoms with E-state index >= 15 is 0 Å². The van der Waals surface area contributed by atoms with Crippen molar-refractivity contribution in [2.24, 2.45) is 5.92 Å². The smallest absolute Gasteiger partial charge is 0.228 e. The monoisotopic (exact) mass is 286 g/mol. The second-order valence-electron chi connectivity index (χ2n) is 6.32. The van der Waals surface area contributed by atoms with Crippen LogP contribution in [0.3, 0.4) is 0 Å². The van der Waals surface area contributed by atoms with Gasteiger partial charge in [-0.25, -0.2) is 14.6 Å². The Morgan fingerprint density at radius 3 is 2.52 bits per heavy atom. The van der Waals surface area contributed by atoms with Gasteiger partial charge in [0.05, 0.1) is 10.9 Å². The summed E-state index contributed by atoms with van der Waals surface area (Å²) in [6.07, 6.45) is 1.46. The Hall–Kier alpha value is -1.92. The molecule has 0 aliphatic carbocycles. The van der Waals surface area contributed by atoms with Crippen LogP contribution in [-0.2, 0) is 10.3 Å². The Kier molecular flexibility index (Phi) is 4.03. The minimum absolute atomic E-state index is 0.0689. The molecule has 0 bridgehead atoms. The molecule has 0 saturated heterocycles. The van der Waals surface area contributed by atoms with Crippen molar-refractivity contribution in [2.45, 2.75) is 47.0 Å². The van der Waals surface area contributed by atoms with E-state index in [0.29, 0.717) is 5.82 Å². The first-order chi connectivity index (χ1) is 9.75. The van der Waals surface area contributed by atoms with Gasteiger partial charge in [-0.15, -0.1) is 0 Å². The molecule has 0 atom stereocenters. The fraction of sp³-hybridized carbons (Fsp3) is 0.571. The van der Waals surface area contributed by atoms with Crippen molar-refractivity contribution in [3.05, 3.63) is 6.33 Å². The van der Waals surface area contributed by atoms with Crippen molar-refractivity contribution in [3.8, 4) is 0 Å². The molecular formula is C14H21BN5O. The van der Waals surface area contributed by atoms with Crippen LogP contribution < -0.4 is 10.9 Å². The number of anilines is 1. The van der Waals surface area contributed by atoms with Gasteiger partial charge in [0, 0.05) is 11.5 Å². The molecule has 0 aliphatic heterocycles. The molecule has 0 aliphatic rings. The number of nitrogens with zero attached hydrogens (tertiary/aromatic N) is 4. The average molecular weight is 286 g/mol. The van der Waals surface area contributed by atoms with Crippen LogP contribution in [0.15, 0.2) is 6.33 Å². The van der Waals surface area contributed by atoms with Gasteiger partial charge in [-0.2, -0.15) is 5.10 Å². The summed E-state index contributed by atoms with van der Waals surface area (Å²) < 4.78 is 1.87. The van der Waals surface area contributed by atoms with E-state index in [1.54, 1.807) is 0 Å². The van der Waals surface area contributed by atoms with Crippen molar-refractivity contribution >= 4 is 35.6 Å². The zero-order valence-electron chi connectivity index (χ0n) is 13.4. The van der Waals surface area contributed by atoms with Crippen molar-refractivity contribution in [2.75, 3.05) is 5.32 Å². The van der Waals surface area contributed by atoms with Crippen LogP contribution in [0.1, 0.15) is 34.6 Å². The number of aromatic nitrogens is 4. The van der Waals surface area contributed by atoms with Gasteiger partial charge in [0.2, 0.25) is 5.91 Å². The molecule has 2 aromatic heterocycles. The zero-order chi connectivity index (χ0) is 15.8. The molecule has 1 radical (unpaired) electrons. The molecule has 2 heterocycles. The van der Waals surface area contributed by atoms with Crippen LogP contribution in [0.25, 0.3) is 11.0 Å². The lowest BCUT2D eigenvalue weighted by Crippen LogP contribution is -2.26. The molecule has 2 aromatic rings. The molecule has 0 spiro atoms. The highest BCUT2D eigenvalue weighted by molar-refractivity contribution is 6.55. The van der Waals surface area contributed by atoms with Crippen LogP contribution in [0.4, 0.5) is 5.82 Å². The number of hydrogen-bond donors (Lipinski definition) is 1. The highest BCUT2D eigenvalue weighted by Crippen LogP contribution is 2.23. The number of amides is 1. The van der Waals surface area contributed by atoms with Gasteiger partial charge in [0.15, 0.2) is 12.9 Å². The maximum Gasteiger partial charge on any atom is 0.228 e. The van der Waals surface area contributed by atoms with E-state index in [0.717, 1.165) is 16.6 Å². The lowest BCUT2D eigenvalue weighted by Gasteiger charge is -2.19. The molecule has 1 N–H and O–H groups in total. The molecular weight excluding hydrogens is 265 g/mol. The fourth-order valence-corrected chi connectivity index (χ4v) is 2.00. The predicted molar refractivity (Wildman–Crippen MR) is 85.0 cm³/mol. The summed E-state index contributed by atoms with van der Waals surface area (Å²) in [5.74, 6) is 0.338. The maximum atomic E-state index is 12.0. The molecule has 6 nitrogen and oxygen atoms in total. The van der Waals surface area contributed by atoms with Gasteiger partial charge in [-0.3, -0.25) is 4.79 Å². The fourth-order valence-electron chi connectivity index (χ4n) is 2.00. The summed E-state index contributed by atoms with van der Waals surface area (Å²) in [6, 6.07) is 0. The molecule has 0 unspecified atom stereocenters. The van der Waals surface area contributed by atoms with E-state index in [2.05, 4.69) is 41.2 Å². The normalized spacial score (nSPS) is 12.0. The van der Waals surface area contributed by atoms with E-state index < -0.39 is 0 Å². The largest absolute Gasteiger partial charge is 0.310 e. The maximum absolute atomic E-state index is 12.0. The van der Waals surface area contributed by atoms with Crippen molar-refractivity contribution < 1.29 is 4.79 Å². The van der Waals surface area contributed by atoms with E-state index in [1.165, 1.54) is 6.33 Å². The third kappa shape index (κ3) is 2.91. The molecule has 111 valence electrons. The van der Waals surface area contributed by atoms with E-state index in [9.17, 15) is 4.79 Å².